The Balaban J connectivity index is 0.000000134. The molecule has 4 atom stereocenters. The van der Waals surface area contributed by atoms with E-state index in [1.807, 2.05) is 76.6 Å². The van der Waals surface area contributed by atoms with Gasteiger partial charge in [0.1, 0.15) is 24.2 Å². The second-order valence-electron chi connectivity index (χ2n) is 25.9. The lowest BCUT2D eigenvalue weighted by molar-refractivity contribution is -0.138. The van der Waals surface area contributed by atoms with Gasteiger partial charge in [-0.2, -0.15) is 15.3 Å². The number of unbranched alkanes of at least 4 members (excludes halogenated alkanes) is 3. The van der Waals surface area contributed by atoms with E-state index >= 15 is 0 Å². The number of terminal acetylenes is 1. The molecule has 538 valence electrons. The first kappa shape index (κ1) is 74.1. The van der Waals surface area contributed by atoms with E-state index in [-0.39, 0.29) is 78.8 Å². The molecule has 4 aromatic carbocycles. The number of hydrogen-bond donors (Lipinski definition) is 4. The highest BCUT2D eigenvalue weighted by Gasteiger charge is 2.44. The van der Waals surface area contributed by atoms with Crippen molar-refractivity contribution in [1.82, 2.24) is 70.2 Å². The molecule has 4 fully saturated rings. The number of piperidine rings is 4. The molecular weight excluding hydrogens is 1530 g/mol. The molecule has 0 saturated carbocycles. The van der Waals surface area contributed by atoms with Crippen LogP contribution in [0.2, 0.25) is 0 Å². The number of nitrogens with zero attached hydrogens (tertiary/aromatic N) is 10. The summed E-state index contributed by atoms with van der Waals surface area (Å²) in [5.41, 5.74) is 9.02. The van der Waals surface area contributed by atoms with Gasteiger partial charge in [-0.15, -0.1) is 6.42 Å². The third-order valence-electron chi connectivity index (χ3n) is 19.0. The van der Waals surface area contributed by atoms with Crippen LogP contribution in [0.1, 0.15) is 176 Å². The molecule has 0 bridgehead atoms. The number of aromatic nitrogens is 6. The van der Waals surface area contributed by atoms with E-state index in [9.17, 15) is 57.5 Å². The van der Waals surface area contributed by atoms with Gasteiger partial charge < -0.3 is 19.6 Å². The van der Waals surface area contributed by atoms with Crippen LogP contribution in [0.3, 0.4) is 0 Å². The van der Waals surface area contributed by atoms with E-state index in [2.05, 4.69) is 117 Å². The number of carbonyl (C=O) groups is 12. The minimum atomic E-state index is -0.620. The number of aryl methyl sites for hydroxylation is 3. The molecule has 4 saturated heterocycles. The van der Waals surface area contributed by atoms with Gasteiger partial charge in [0.25, 0.3) is 23.6 Å². The van der Waals surface area contributed by atoms with Crippen LogP contribution < -0.4 is 21.3 Å². The molecule has 0 radical (unpaired) electrons. The van der Waals surface area contributed by atoms with Gasteiger partial charge in [-0.25, -0.2) is 0 Å². The van der Waals surface area contributed by atoms with Crippen LogP contribution in [0.15, 0.2) is 121 Å². The fraction of sp³-hybridized carbons (Fsp3) is 0.321. The Hall–Kier alpha value is -11.6. The molecule has 106 heavy (non-hydrogen) atoms. The third-order valence-corrected chi connectivity index (χ3v) is 20.3. The zero-order chi connectivity index (χ0) is 74.5. The van der Waals surface area contributed by atoms with E-state index < -0.39 is 41.9 Å². The largest absolute Gasteiger partial charge is 0.322 e. The van der Waals surface area contributed by atoms with Gasteiger partial charge in [-0.3, -0.25) is 92.8 Å². The smallest absolute Gasteiger partial charge is 0.255 e. The molecule has 11 heterocycles. The predicted octanol–water partition coefficient (Wildman–Crippen LogP) is 6.22. The molecule has 12 amide bonds. The van der Waals surface area contributed by atoms with E-state index in [0.29, 0.717) is 80.5 Å². The summed E-state index contributed by atoms with van der Waals surface area (Å²) in [5, 5.41) is 21.9. The van der Waals surface area contributed by atoms with Crippen molar-refractivity contribution in [3.05, 3.63) is 191 Å². The molecule has 8 aliphatic heterocycles. The van der Waals surface area contributed by atoms with Gasteiger partial charge in [-0.1, -0.05) is 81.6 Å². The van der Waals surface area contributed by atoms with Crippen LogP contribution in [0.5, 0.6) is 0 Å². The van der Waals surface area contributed by atoms with Crippen molar-refractivity contribution in [2.75, 3.05) is 0 Å². The number of hydrogen-bond acceptors (Lipinski definition) is 15. The molecule has 15 rings (SSSR count). The Morgan fingerprint density at radius 3 is 1.11 bits per heavy atom. The van der Waals surface area contributed by atoms with E-state index in [1.54, 1.807) is 68.2 Å². The summed E-state index contributed by atoms with van der Waals surface area (Å²) in [6.07, 6.45) is 23.5. The number of carbonyl (C=O) groups excluding carboxylic acids is 12. The van der Waals surface area contributed by atoms with E-state index in [0.717, 1.165) is 104 Å². The number of amides is 12. The highest BCUT2D eigenvalue weighted by Crippen LogP contribution is 2.35. The van der Waals surface area contributed by atoms with Crippen molar-refractivity contribution in [1.29, 1.82) is 0 Å². The maximum atomic E-state index is 12.8. The standard InChI is InChI=1S/C23H20N4O3.C21H19IN4O3.C21H20N4O3.C13H11BrN2O3/c1-2-16-13-24-26(14-16)12-5-3-4-7-17-8-6-9-18-19(17)15-27(23(18)30)20-10-11-21(28)25-22(20)29;22-15-11-23-25(12-15)10-3-1-2-5-14-6-4-7-16-17(14)13-26(21(16)29)18-8-9-19(27)24-20(18)28;26-19-10-9-18(20(27)23-19)25-14-17-15(7-4-8-16(17)21(25)28)6-2-1-3-12-24-13-5-11-22-24;14-9-3-1-2-7-8(9)6-16(13(7)19)10-4-5-11(17)15-12(10)18/h1,6,8-9,13-14,20H,3,5,10-12,15H2,(H,25,28,29);4,6-7,11-12,18H,1,3,8-10,13H2,(H,24,27,28);4-5,7-8,11,13,18H,1,3,9-10,12,14H2,(H,23,26,27);1-3,10H,4-6H2,(H,15,17,18). The number of imide groups is 4. The van der Waals surface area contributed by atoms with Gasteiger partial charge in [0, 0.05) is 159 Å². The van der Waals surface area contributed by atoms with Gasteiger partial charge in [0.2, 0.25) is 47.3 Å². The van der Waals surface area contributed by atoms with Gasteiger partial charge in [0.05, 0.1) is 21.5 Å². The maximum Gasteiger partial charge on any atom is 0.255 e. The Morgan fingerprint density at radius 2 is 0.783 bits per heavy atom. The number of halogens is 2. The first-order valence-electron chi connectivity index (χ1n) is 34.6. The molecule has 4 unspecified atom stereocenters. The summed E-state index contributed by atoms with van der Waals surface area (Å²) in [6.45, 7) is 3.78. The second kappa shape index (κ2) is 33.9. The van der Waals surface area contributed by atoms with E-state index in [1.165, 1.54) is 4.90 Å². The quantitative estimate of drug-likeness (QED) is 0.0431. The van der Waals surface area contributed by atoms with Gasteiger partial charge >= 0.3 is 0 Å². The summed E-state index contributed by atoms with van der Waals surface area (Å²) in [5.74, 6) is 18.2. The molecule has 4 N–H and O–H groups in total. The highest BCUT2D eigenvalue weighted by atomic mass is 127. The lowest BCUT2D eigenvalue weighted by Gasteiger charge is -2.29. The number of benzene rings is 4. The zero-order valence-corrected chi connectivity index (χ0v) is 61.1. The molecule has 0 spiro atoms. The first-order chi connectivity index (χ1) is 51.3. The van der Waals surface area contributed by atoms with Crippen molar-refractivity contribution in [3.63, 3.8) is 0 Å². The van der Waals surface area contributed by atoms with Crippen molar-refractivity contribution in [3.8, 4) is 47.9 Å². The van der Waals surface area contributed by atoms with Crippen LogP contribution in [0, 0.1) is 51.4 Å². The number of nitrogens with one attached hydrogen (secondary N) is 4. The summed E-state index contributed by atoms with van der Waals surface area (Å²) in [6, 6.07) is 21.4. The Kier molecular flexibility index (Phi) is 23.7. The lowest BCUT2D eigenvalue weighted by Crippen LogP contribution is -2.52. The van der Waals surface area contributed by atoms with Crippen molar-refractivity contribution < 1.29 is 57.5 Å². The molecular formula is C78H70BrIN14O12. The Bertz CT molecular complexity index is 4980. The van der Waals surface area contributed by atoms with Crippen LogP contribution in [0.25, 0.3) is 0 Å². The van der Waals surface area contributed by atoms with Gasteiger partial charge in [0.15, 0.2) is 0 Å². The normalized spacial score (nSPS) is 19.0. The molecule has 8 aliphatic rings. The van der Waals surface area contributed by atoms with Crippen molar-refractivity contribution in [2.24, 2.45) is 0 Å². The molecule has 28 heteroatoms. The average molecular weight is 1600 g/mol. The third kappa shape index (κ3) is 17.3. The summed E-state index contributed by atoms with van der Waals surface area (Å²) >= 11 is 5.65. The first-order valence-corrected chi connectivity index (χ1v) is 36.5. The van der Waals surface area contributed by atoms with Crippen molar-refractivity contribution >= 4 is 109 Å². The lowest BCUT2D eigenvalue weighted by atomic mass is 10.0. The molecule has 3 aromatic heterocycles. The average Bonchev–Trinajstić information content (AvgIpc) is 1.65. The van der Waals surface area contributed by atoms with Gasteiger partial charge in [-0.05, 0) is 144 Å². The number of rotatable bonds is 13. The number of fused-ring (bicyclic) bond motifs is 4. The summed E-state index contributed by atoms with van der Waals surface area (Å²) < 4.78 is 7.55. The zero-order valence-electron chi connectivity index (χ0n) is 57.3. The predicted molar refractivity (Wildman–Crippen MR) is 393 cm³/mol. The Morgan fingerprint density at radius 1 is 0.434 bits per heavy atom. The van der Waals surface area contributed by atoms with Crippen molar-refractivity contribution in [2.45, 2.75) is 160 Å². The minimum absolute atomic E-state index is 0.147. The maximum absolute atomic E-state index is 12.8. The monoisotopic (exact) mass is 1600 g/mol. The topological polar surface area (TPSA) is 319 Å². The van der Waals surface area contributed by atoms with E-state index in [4.69, 9.17) is 6.42 Å². The van der Waals surface area contributed by atoms with Crippen LogP contribution >= 0.6 is 38.5 Å². The molecule has 0 aliphatic carbocycles. The summed E-state index contributed by atoms with van der Waals surface area (Å²) in [7, 11) is 0. The fourth-order valence-electron chi connectivity index (χ4n) is 13.6. The SMILES string of the molecule is C#Cc1cnn(CCCC#Cc2cccc3c2CN(C2CCC(=O)NC2=O)C3=O)c1.O=C1CCC(N2Cc3c(Br)cccc3C2=O)C(=O)N1.O=C1CCC(N2Cc3c(C#CCCCn4cc(I)cn4)cccc3C2=O)C(=O)N1.O=C1CCC(N2Cc3c(C#CCCCn4cccn4)cccc3C2=O)C(=O)N1. The molecule has 7 aromatic rings. The molecule has 26 nitrogen and oxygen atoms in total. The fourth-order valence-corrected chi connectivity index (χ4v) is 14.5. The highest BCUT2D eigenvalue weighted by molar-refractivity contribution is 14.1. The van der Waals surface area contributed by atoms with Crippen LogP contribution in [-0.4, -0.2) is 144 Å². The second-order valence-corrected chi connectivity index (χ2v) is 28.0. The van der Waals surface area contributed by atoms with Crippen LogP contribution in [0.4, 0.5) is 0 Å². The summed E-state index contributed by atoms with van der Waals surface area (Å²) in [4.78, 5) is 151. The minimum Gasteiger partial charge on any atom is -0.322 e. The Labute approximate surface area is 631 Å². The van der Waals surface area contributed by atoms with Crippen LogP contribution in [-0.2, 0) is 84.2 Å².